The smallest absolute Gasteiger partial charge is 0.243 e. The number of aryl methyl sites for hydroxylation is 1. The van der Waals surface area contributed by atoms with E-state index in [0.29, 0.717) is 24.5 Å². The van der Waals surface area contributed by atoms with Gasteiger partial charge >= 0.3 is 0 Å². The largest absolute Gasteiger partial charge is 0.492 e. The molecule has 44 heavy (non-hydrogen) atoms. The van der Waals surface area contributed by atoms with Crippen molar-refractivity contribution in [3.63, 3.8) is 0 Å². The predicted octanol–water partition coefficient (Wildman–Crippen LogP) is 5.64. The maximum Gasteiger partial charge on any atom is 0.243 e. The lowest BCUT2D eigenvalue weighted by molar-refractivity contribution is -0.141. The second-order valence-corrected chi connectivity index (χ2v) is 13.4. The number of nitrogens with zero attached hydrogens (tertiary/aromatic N) is 2. The first-order valence-electron chi connectivity index (χ1n) is 15.5. The molecule has 1 saturated carbocycles. The topological polar surface area (TPSA) is 96.0 Å². The molecular formula is C35H45N3O5S. The lowest BCUT2D eigenvalue weighted by atomic mass is 10.0. The fourth-order valence-electron chi connectivity index (χ4n) is 5.82. The third-order valence-corrected chi connectivity index (χ3v) is 9.34. The molecule has 1 atom stereocenters. The Morgan fingerprint density at radius 2 is 1.61 bits per heavy atom. The summed E-state index contributed by atoms with van der Waals surface area (Å²) in [6.45, 7) is 4.63. The average Bonchev–Trinajstić information content (AvgIpc) is 3.51. The second kappa shape index (κ2) is 15.7. The van der Waals surface area contributed by atoms with E-state index in [-0.39, 0.29) is 43.8 Å². The lowest BCUT2D eigenvalue weighted by Gasteiger charge is -2.33. The average molecular weight is 620 g/mol. The van der Waals surface area contributed by atoms with Crippen LogP contribution in [0.4, 0.5) is 5.69 Å². The van der Waals surface area contributed by atoms with Crippen molar-refractivity contribution >= 4 is 27.5 Å². The minimum absolute atomic E-state index is 0.0801. The number of hydrogen-bond acceptors (Lipinski definition) is 5. The summed E-state index contributed by atoms with van der Waals surface area (Å²) < 4.78 is 32.7. The van der Waals surface area contributed by atoms with E-state index in [2.05, 4.69) is 5.32 Å². The highest BCUT2D eigenvalue weighted by Crippen LogP contribution is 2.30. The van der Waals surface area contributed by atoms with E-state index in [1.54, 1.807) is 29.2 Å². The van der Waals surface area contributed by atoms with Gasteiger partial charge < -0.3 is 15.0 Å². The van der Waals surface area contributed by atoms with Gasteiger partial charge in [0.15, 0.2) is 0 Å². The summed E-state index contributed by atoms with van der Waals surface area (Å²) in [7, 11) is -3.65. The van der Waals surface area contributed by atoms with Crippen molar-refractivity contribution in [1.29, 1.82) is 0 Å². The monoisotopic (exact) mass is 619 g/mol. The first-order valence-corrected chi connectivity index (χ1v) is 17.4. The van der Waals surface area contributed by atoms with Crippen LogP contribution in [0.1, 0.15) is 62.1 Å². The molecule has 0 bridgehead atoms. The van der Waals surface area contributed by atoms with Gasteiger partial charge in [0.25, 0.3) is 0 Å². The van der Waals surface area contributed by atoms with Crippen molar-refractivity contribution in [3.8, 4) is 5.75 Å². The molecule has 0 aliphatic heterocycles. The van der Waals surface area contributed by atoms with Gasteiger partial charge in [0.05, 0.1) is 18.6 Å². The number of benzene rings is 3. The molecule has 1 aliphatic rings. The van der Waals surface area contributed by atoms with Crippen LogP contribution < -0.4 is 14.4 Å². The number of nitrogens with one attached hydrogen (secondary N) is 1. The van der Waals surface area contributed by atoms with Crippen molar-refractivity contribution in [2.24, 2.45) is 0 Å². The quantitative estimate of drug-likeness (QED) is 0.238. The Hall–Kier alpha value is -3.85. The minimum Gasteiger partial charge on any atom is -0.492 e. The summed E-state index contributed by atoms with van der Waals surface area (Å²) in [4.78, 5) is 29.7. The molecule has 9 heteroatoms. The third-order valence-electron chi connectivity index (χ3n) is 8.16. The highest BCUT2D eigenvalue weighted by Gasteiger charge is 2.32. The molecule has 236 valence electrons. The van der Waals surface area contributed by atoms with Gasteiger partial charge in [-0.05, 0) is 61.9 Å². The van der Waals surface area contributed by atoms with Crippen LogP contribution in [0.15, 0.2) is 78.9 Å². The van der Waals surface area contributed by atoms with E-state index >= 15 is 0 Å². The first kappa shape index (κ1) is 33.1. The van der Waals surface area contributed by atoms with Crippen molar-refractivity contribution in [3.05, 3.63) is 95.6 Å². The molecule has 2 amide bonds. The van der Waals surface area contributed by atoms with Gasteiger partial charge in [0.1, 0.15) is 11.8 Å². The molecule has 1 aliphatic carbocycles. The Bertz CT molecular complexity index is 1490. The minimum atomic E-state index is -3.65. The van der Waals surface area contributed by atoms with Gasteiger partial charge in [-0.25, -0.2) is 8.42 Å². The summed E-state index contributed by atoms with van der Waals surface area (Å²) in [6.07, 6.45) is 5.96. The summed E-state index contributed by atoms with van der Waals surface area (Å²) >= 11 is 0. The van der Waals surface area contributed by atoms with Crippen LogP contribution in [-0.4, -0.2) is 56.6 Å². The van der Waals surface area contributed by atoms with Crippen LogP contribution in [0.3, 0.4) is 0 Å². The van der Waals surface area contributed by atoms with Gasteiger partial charge in [-0.15, -0.1) is 0 Å². The maximum atomic E-state index is 14.1. The van der Waals surface area contributed by atoms with Crippen LogP contribution >= 0.6 is 0 Å². The van der Waals surface area contributed by atoms with Gasteiger partial charge in [0.2, 0.25) is 21.8 Å². The summed E-state index contributed by atoms with van der Waals surface area (Å²) in [5.41, 5.74) is 3.42. The van der Waals surface area contributed by atoms with Gasteiger partial charge in [0, 0.05) is 32.0 Å². The highest BCUT2D eigenvalue weighted by molar-refractivity contribution is 7.92. The van der Waals surface area contributed by atoms with Crippen LogP contribution in [0.2, 0.25) is 0 Å². The summed E-state index contributed by atoms with van der Waals surface area (Å²) in [5.74, 6) is 0.132. The Labute approximate surface area is 262 Å². The number of anilines is 1. The van der Waals surface area contributed by atoms with Crippen LogP contribution in [0.5, 0.6) is 5.75 Å². The number of ether oxygens (including phenoxy) is 1. The number of carbonyl (C=O) groups excluding carboxylic acids is 2. The van der Waals surface area contributed by atoms with Gasteiger partial charge in [-0.3, -0.25) is 13.9 Å². The Kier molecular flexibility index (Phi) is 11.8. The SMILES string of the molecule is CCOc1ccccc1N(CCCC(=O)N(Cc1ccccc1C)[C@@H](Cc1ccccc1)C(=O)NC1CCCC1)S(C)(=O)=O. The number of rotatable bonds is 15. The molecule has 0 heterocycles. The third kappa shape index (κ3) is 9.08. The Morgan fingerprint density at radius 1 is 0.955 bits per heavy atom. The lowest BCUT2D eigenvalue weighted by Crippen LogP contribution is -2.52. The molecule has 0 aromatic heterocycles. The van der Waals surface area contributed by atoms with Crippen LogP contribution in [0.25, 0.3) is 0 Å². The van der Waals surface area contributed by atoms with E-state index in [9.17, 15) is 18.0 Å². The standard InChI is InChI=1S/C35H45N3O5S/c1-4-43-33-22-13-12-21-31(33)38(44(3,41)42)24-14-23-34(39)37(26-29-18-9-8-15-27(29)2)32(25-28-16-6-5-7-17-28)35(40)36-30-19-10-11-20-30/h5-9,12-13,15-18,21-22,30,32H,4,10-11,14,19-20,23-26H2,1-3H3,(H,36,40)/t32-/m0/s1. The zero-order chi connectivity index (χ0) is 31.5. The van der Waals surface area contributed by atoms with Crippen LogP contribution in [-0.2, 0) is 32.6 Å². The maximum absolute atomic E-state index is 14.1. The summed E-state index contributed by atoms with van der Waals surface area (Å²) in [6, 6.07) is 24.1. The molecule has 8 nitrogen and oxygen atoms in total. The molecule has 0 unspecified atom stereocenters. The predicted molar refractivity (Wildman–Crippen MR) is 175 cm³/mol. The van der Waals surface area contributed by atoms with Gasteiger partial charge in [-0.1, -0.05) is 79.6 Å². The fourth-order valence-corrected chi connectivity index (χ4v) is 6.78. The first-order chi connectivity index (χ1) is 21.2. The molecular weight excluding hydrogens is 574 g/mol. The number of amides is 2. The highest BCUT2D eigenvalue weighted by atomic mass is 32.2. The van der Waals surface area contributed by atoms with Crippen molar-refractivity contribution < 1.29 is 22.7 Å². The molecule has 0 saturated heterocycles. The summed E-state index contributed by atoms with van der Waals surface area (Å²) in [5, 5.41) is 3.23. The zero-order valence-corrected chi connectivity index (χ0v) is 26.9. The number of hydrogen-bond donors (Lipinski definition) is 1. The molecule has 0 spiro atoms. The zero-order valence-electron chi connectivity index (χ0n) is 26.1. The Morgan fingerprint density at radius 3 is 2.30 bits per heavy atom. The number of para-hydroxylation sites is 2. The van der Waals surface area contributed by atoms with E-state index in [1.807, 2.05) is 68.4 Å². The molecule has 3 aromatic rings. The molecule has 3 aromatic carbocycles. The Balaban J connectivity index is 1.60. The van der Waals surface area contributed by atoms with Crippen molar-refractivity contribution in [2.75, 3.05) is 23.7 Å². The van der Waals surface area contributed by atoms with Crippen molar-refractivity contribution in [2.45, 2.75) is 77.4 Å². The fraction of sp³-hybridized carbons (Fsp3) is 0.429. The number of sulfonamides is 1. The van der Waals surface area contributed by atoms with E-state index in [0.717, 1.165) is 48.6 Å². The second-order valence-electron chi connectivity index (χ2n) is 11.5. The molecule has 1 N–H and O–H groups in total. The number of carbonyl (C=O) groups is 2. The molecule has 1 fully saturated rings. The normalized spacial score (nSPS) is 14.2. The van der Waals surface area contributed by atoms with E-state index in [4.69, 9.17) is 4.74 Å². The van der Waals surface area contributed by atoms with Crippen molar-refractivity contribution in [1.82, 2.24) is 10.2 Å². The molecule has 0 radical (unpaired) electrons. The van der Waals surface area contributed by atoms with E-state index in [1.165, 1.54) is 4.31 Å². The van der Waals surface area contributed by atoms with Gasteiger partial charge in [-0.2, -0.15) is 0 Å². The van der Waals surface area contributed by atoms with E-state index < -0.39 is 16.1 Å². The van der Waals surface area contributed by atoms with Crippen LogP contribution in [0, 0.1) is 6.92 Å². The molecule has 4 rings (SSSR count).